The summed E-state index contributed by atoms with van der Waals surface area (Å²) >= 11 is 0. The molecule has 2 aliphatic rings. The van der Waals surface area contributed by atoms with Crippen molar-refractivity contribution >= 4 is 21.9 Å². The van der Waals surface area contributed by atoms with Crippen LogP contribution in [-0.4, -0.2) is 93.8 Å². The first kappa shape index (κ1) is 30.6. The molecule has 1 aromatic carbocycles. The molecule has 14 heteroatoms. The molecule has 0 atom stereocenters. The molecule has 0 radical (unpaired) electrons. The molecule has 1 aliphatic heterocycles. The van der Waals surface area contributed by atoms with Crippen LogP contribution in [0.3, 0.4) is 0 Å². The van der Waals surface area contributed by atoms with E-state index >= 15 is 0 Å². The molecule has 0 spiro atoms. The number of carbonyl (C=O) groups is 2. The highest BCUT2D eigenvalue weighted by molar-refractivity contribution is 7.89. The zero-order valence-electron chi connectivity index (χ0n) is 20.9. The number of ether oxygens (including phenoxy) is 2. The molecule has 210 valence electrons. The number of carboxylic acid groups (broad SMARTS) is 1. The Morgan fingerprint density at radius 2 is 1.65 bits per heavy atom. The van der Waals surface area contributed by atoms with Crippen molar-refractivity contribution < 1.29 is 45.8 Å². The van der Waals surface area contributed by atoms with Gasteiger partial charge in [-0.1, -0.05) is 19.3 Å². The molecule has 1 aromatic rings. The van der Waals surface area contributed by atoms with Gasteiger partial charge in [-0.15, -0.1) is 0 Å². The van der Waals surface area contributed by atoms with Gasteiger partial charge >= 0.3 is 12.1 Å². The Morgan fingerprint density at radius 3 is 2.16 bits per heavy atom. The first-order valence-electron chi connectivity index (χ1n) is 11.9. The molecule has 1 aliphatic carbocycles. The number of nitrogens with zero attached hydrogens (tertiary/aromatic N) is 2. The number of rotatable bonds is 8. The molecule has 0 unspecified atom stereocenters. The van der Waals surface area contributed by atoms with Crippen molar-refractivity contribution in [3.05, 3.63) is 18.2 Å². The van der Waals surface area contributed by atoms with E-state index in [9.17, 15) is 26.4 Å². The van der Waals surface area contributed by atoms with Gasteiger partial charge in [-0.05, 0) is 25.0 Å². The summed E-state index contributed by atoms with van der Waals surface area (Å²) in [5.41, 5.74) is 0. The molecule has 1 heterocycles. The van der Waals surface area contributed by atoms with Crippen LogP contribution in [0.4, 0.5) is 13.2 Å². The topological polar surface area (TPSA) is 125 Å². The Labute approximate surface area is 214 Å². The molecule has 3 rings (SSSR count). The van der Waals surface area contributed by atoms with E-state index in [1.165, 1.54) is 20.3 Å². The number of nitrogens with one attached hydrogen (secondary N) is 1. The van der Waals surface area contributed by atoms with Crippen LogP contribution in [0.2, 0.25) is 0 Å². The number of halogens is 3. The Hall–Kier alpha value is -2.58. The van der Waals surface area contributed by atoms with E-state index in [0.29, 0.717) is 24.6 Å². The van der Waals surface area contributed by atoms with Gasteiger partial charge in [0, 0.05) is 51.3 Å². The maximum Gasteiger partial charge on any atom is 0.490 e. The zero-order chi connectivity index (χ0) is 27.6. The van der Waals surface area contributed by atoms with Gasteiger partial charge in [-0.3, -0.25) is 4.79 Å². The van der Waals surface area contributed by atoms with Crippen LogP contribution in [0.5, 0.6) is 11.5 Å². The van der Waals surface area contributed by atoms with Crippen LogP contribution in [0.1, 0.15) is 38.5 Å². The first-order chi connectivity index (χ1) is 17.4. The van der Waals surface area contributed by atoms with Crippen LogP contribution < -0.4 is 14.8 Å². The third kappa shape index (κ3) is 8.75. The highest BCUT2D eigenvalue weighted by atomic mass is 32.2. The van der Waals surface area contributed by atoms with Gasteiger partial charge in [-0.25, -0.2) is 13.2 Å². The monoisotopic (exact) mass is 553 g/mol. The predicted octanol–water partition coefficient (Wildman–Crippen LogP) is 2.48. The summed E-state index contributed by atoms with van der Waals surface area (Å²) in [7, 11) is -0.769. The Morgan fingerprint density at radius 1 is 1.08 bits per heavy atom. The molecule has 0 aromatic heterocycles. The Bertz CT molecular complexity index is 1010. The molecule has 37 heavy (non-hydrogen) atoms. The average Bonchev–Trinajstić information content (AvgIpc) is 2.89. The summed E-state index contributed by atoms with van der Waals surface area (Å²) in [5.74, 6) is -1.89. The van der Waals surface area contributed by atoms with E-state index in [1.807, 2.05) is 4.90 Å². The summed E-state index contributed by atoms with van der Waals surface area (Å²) in [6, 6.07) is 4.58. The minimum Gasteiger partial charge on any atom is -0.493 e. The van der Waals surface area contributed by atoms with Gasteiger partial charge in [0.1, 0.15) is 0 Å². The molecule has 1 amide bonds. The lowest BCUT2D eigenvalue weighted by Crippen LogP contribution is -2.48. The van der Waals surface area contributed by atoms with E-state index in [2.05, 4.69) is 5.32 Å². The molecule has 0 bridgehead atoms. The number of alkyl halides is 3. The molecule has 10 nitrogen and oxygen atoms in total. The number of methoxy groups -OCH3 is 2. The van der Waals surface area contributed by atoms with Crippen molar-refractivity contribution in [2.75, 3.05) is 46.9 Å². The average molecular weight is 554 g/mol. The van der Waals surface area contributed by atoms with Crippen LogP contribution in [-0.2, 0) is 19.6 Å². The van der Waals surface area contributed by atoms with Crippen molar-refractivity contribution in [2.45, 2.75) is 55.6 Å². The van der Waals surface area contributed by atoms with E-state index in [4.69, 9.17) is 19.4 Å². The van der Waals surface area contributed by atoms with Crippen molar-refractivity contribution in [3.8, 4) is 11.5 Å². The standard InChI is InChI=1S/C21H33N3O5S.C2HF3O2/c1-28-19-9-8-18(16-20(19)29-2)30(26,27)24(17-6-4-3-5-7-17)13-10-21(25)23-14-11-22-12-15-23;3-2(4,5)1(6)7/h8-9,16-17,22H,3-7,10-15H2,1-2H3;(H,6,7). The van der Waals surface area contributed by atoms with Gasteiger partial charge in [0.05, 0.1) is 19.1 Å². The number of amides is 1. The predicted molar refractivity (Wildman–Crippen MR) is 128 cm³/mol. The Kier molecular flexibility index (Phi) is 11.4. The maximum atomic E-state index is 13.6. The SMILES string of the molecule is COc1ccc(S(=O)(=O)N(CCC(=O)N2CCNCC2)C2CCCCC2)cc1OC.O=C(O)C(F)(F)F. The molecule has 1 saturated heterocycles. The van der Waals surface area contributed by atoms with Crippen molar-refractivity contribution in [3.63, 3.8) is 0 Å². The zero-order valence-corrected chi connectivity index (χ0v) is 21.7. The summed E-state index contributed by atoms with van der Waals surface area (Å²) < 4.78 is 71.0. The number of hydrogen-bond donors (Lipinski definition) is 2. The number of aliphatic carboxylic acids is 1. The third-order valence-electron chi connectivity index (χ3n) is 6.20. The number of hydrogen-bond acceptors (Lipinski definition) is 7. The number of carboxylic acids is 1. The van der Waals surface area contributed by atoms with Crippen molar-refractivity contribution in [1.82, 2.24) is 14.5 Å². The normalized spacial score (nSPS) is 17.1. The van der Waals surface area contributed by atoms with Gasteiger partial charge in [0.25, 0.3) is 0 Å². The molecule has 1 saturated carbocycles. The van der Waals surface area contributed by atoms with Gasteiger partial charge < -0.3 is 24.8 Å². The fraction of sp³-hybridized carbons (Fsp3) is 0.652. The highest BCUT2D eigenvalue weighted by Crippen LogP contribution is 2.33. The summed E-state index contributed by atoms with van der Waals surface area (Å²) in [5, 5.41) is 10.4. The quantitative estimate of drug-likeness (QED) is 0.503. The highest BCUT2D eigenvalue weighted by Gasteiger charge is 2.38. The number of benzene rings is 1. The number of carbonyl (C=O) groups excluding carboxylic acids is 1. The van der Waals surface area contributed by atoms with E-state index in [0.717, 1.165) is 45.2 Å². The van der Waals surface area contributed by atoms with E-state index in [-0.39, 0.29) is 29.8 Å². The van der Waals surface area contributed by atoms with Crippen molar-refractivity contribution in [1.29, 1.82) is 0 Å². The summed E-state index contributed by atoms with van der Waals surface area (Å²) in [4.78, 5) is 23.6. The lowest BCUT2D eigenvalue weighted by molar-refractivity contribution is -0.192. The minimum absolute atomic E-state index is 0.0137. The fourth-order valence-corrected chi connectivity index (χ4v) is 5.96. The second-order valence-corrected chi connectivity index (χ2v) is 10.5. The summed E-state index contributed by atoms with van der Waals surface area (Å²) in [6.07, 6.45) is -0.0884. The molecule has 2 fully saturated rings. The smallest absolute Gasteiger partial charge is 0.490 e. The number of sulfonamides is 1. The second kappa shape index (κ2) is 13.8. The summed E-state index contributed by atoms with van der Waals surface area (Å²) in [6.45, 7) is 3.10. The van der Waals surface area contributed by atoms with Gasteiger partial charge in [0.2, 0.25) is 15.9 Å². The Balaban J connectivity index is 0.000000604. The van der Waals surface area contributed by atoms with E-state index in [1.54, 1.807) is 16.4 Å². The lowest BCUT2D eigenvalue weighted by atomic mass is 9.95. The fourth-order valence-electron chi connectivity index (χ4n) is 4.26. The van der Waals surface area contributed by atoms with Gasteiger partial charge in [-0.2, -0.15) is 17.5 Å². The first-order valence-corrected chi connectivity index (χ1v) is 13.4. The molecular weight excluding hydrogens is 519 g/mol. The van der Waals surface area contributed by atoms with Crippen LogP contribution >= 0.6 is 0 Å². The van der Waals surface area contributed by atoms with Crippen LogP contribution in [0.15, 0.2) is 23.1 Å². The van der Waals surface area contributed by atoms with E-state index < -0.39 is 22.2 Å². The lowest BCUT2D eigenvalue weighted by Gasteiger charge is -2.34. The number of piperazine rings is 1. The van der Waals surface area contributed by atoms with Crippen LogP contribution in [0.25, 0.3) is 0 Å². The molecule has 2 N–H and O–H groups in total. The van der Waals surface area contributed by atoms with Crippen LogP contribution in [0, 0.1) is 0 Å². The van der Waals surface area contributed by atoms with Crippen molar-refractivity contribution in [2.24, 2.45) is 0 Å². The maximum absolute atomic E-state index is 13.6. The second-order valence-electron chi connectivity index (χ2n) is 8.61. The largest absolute Gasteiger partial charge is 0.493 e. The third-order valence-corrected chi connectivity index (χ3v) is 8.15. The van der Waals surface area contributed by atoms with Gasteiger partial charge in [0.15, 0.2) is 11.5 Å². The molecular formula is C23H34F3N3O7S. The minimum atomic E-state index is -5.08.